The lowest BCUT2D eigenvalue weighted by atomic mass is 9.79. The number of nitrogens with one attached hydrogen (secondary N) is 2. The maximum Gasteiger partial charge on any atom is 0.251 e. The maximum atomic E-state index is 12.1. The molecule has 1 saturated heterocycles. The average Bonchev–Trinajstić information content (AvgIpc) is 2.47. The lowest BCUT2D eigenvalue weighted by Gasteiger charge is -2.37. The van der Waals surface area contributed by atoms with Gasteiger partial charge < -0.3 is 15.4 Å². The van der Waals surface area contributed by atoms with Crippen LogP contribution in [0.2, 0.25) is 5.02 Å². The van der Waals surface area contributed by atoms with Gasteiger partial charge in [0.2, 0.25) is 0 Å². The predicted octanol–water partition coefficient (Wildman–Crippen LogP) is 2.09. The van der Waals surface area contributed by atoms with E-state index in [0.29, 0.717) is 23.7 Å². The SMILES string of the molecule is COCC1(CNC(=O)c2ccc(Cl)cc2)CCNCC1. The number of benzene rings is 1. The number of methoxy groups -OCH3 is 1. The van der Waals surface area contributed by atoms with Crippen molar-refractivity contribution in [3.8, 4) is 0 Å². The van der Waals surface area contributed by atoms with E-state index in [1.54, 1.807) is 31.4 Å². The Morgan fingerprint density at radius 1 is 1.35 bits per heavy atom. The molecule has 1 amide bonds. The molecule has 110 valence electrons. The molecule has 0 radical (unpaired) electrons. The van der Waals surface area contributed by atoms with Crippen LogP contribution in [0.15, 0.2) is 24.3 Å². The molecule has 1 fully saturated rings. The van der Waals surface area contributed by atoms with Crippen molar-refractivity contribution in [2.45, 2.75) is 12.8 Å². The lowest BCUT2D eigenvalue weighted by Crippen LogP contribution is -2.47. The minimum Gasteiger partial charge on any atom is -0.384 e. The lowest BCUT2D eigenvalue weighted by molar-refractivity contribution is 0.0512. The first-order valence-corrected chi connectivity index (χ1v) is 7.26. The summed E-state index contributed by atoms with van der Waals surface area (Å²) < 4.78 is 5.34. The maximum absolute atomic E-state index is 12.1. The summed E-state index contributed by atoms with van der Waals surface area (Å²) in [5.41, 5.74) is 0.679. The van der Waals surface area contributed by atoms with Gasteiger partial charge in [-0.3, -0.25) is 4.79 Å². The highest BCUT2D eigenvalue weighted by Gasteiger charge is 2.32. The smallest absolute Gasteiger partial charge is 0.251 e. The molecule has 0 aromatic heterocycles. The number of hydrogen-bond donors (Lipinski definition) is 2. The van der Waals surface area contributed by atoms with Crippen molar-refractivity contribution in [3.05, 3.63) is 34.9 Å². The molecule has 0 spiro atoms. The highest BCUT2D eigenvalue weighted by molar-refractivity contribution is 6.30. The summed E-state index contributed by atoms with van der Waals surface area (Å²) in [6.07, 6.45) is 2.03. The van der Waals surface area contributed by atoms with Gasteiger partial charge in [0.05, 0.1) is 6.61 Å². The number of amides is 1. The van der Waals surface area contributed by atoms with Gasteiger partial charge in [0, 0.05) is 29.7 Å². The molecular weight excluding hydrogens is 276 g/mol. The largest absolute Gasteiger partial charge is 0.384 e. The van der Waals surface area contributed by atoms with Gasteiger partial charge >= 0.3 is 0 Å². The van der Waals surface area contributed by atoms with E-state index >= 15 is 0 Å². The average molecular weight is 297 g/mol. The van der Waals surface area contributed by atoms with Crippen molar-refractivity contribution in [1.82, 2.24) is 10.6 Å². The highest BCUT2D eigenvalue weighted by Crippen LogP contribution is 2.28. The van der Waals surface area contributed by atoms with Crippen molar-refractivity contribution < 1.29 is 9.53 Å². The summed E-state index contributed by atoms with van der Waals surface area (Å²) in [7, 11) is 1.71. The van der Waals surface area contributed by atoms with E-state index in [9.17, 15) is 4.79 Å². The molecular formula is C15H21ClN2O2. The Balaban J connectivity index is 1.94. The molecule has 1 aliphatic rings. The van der Waals surface area contributed by atoms with Crippen LogP contribution in [-0.4, -0.2) is 39.3 Å². The third-order valence-electron chi connectivity index (χ3n) is 3.85. The fourth-order valence-corrected chi connectivity index (χ4v) is 2.73. The van der Waals surface area contributed by atoms with E-state index in [0.717, 1.165) is 25.9 Å². The Kier molecular flexibility index (Phi) is 5.40. The molecule has 5 heteroatoms. The number of carbonyl (C=O) groups excluding carboxylic acids is 1. The molecule has 4 nitrogen and oxygen atoms in total. The Bertz CT molecular complexity index is 436. The highest BCUT2D eigenvalue weighted by atomic mass is 35.5. The zero-order chi connectivity index (χ0) is 14.4. The molecule has 1 aromatic rings. The zero-order valence-electron chi connectivity index (χ0n) is 11.7. The summed E-state index contributed by atoms with van der Waals surface area (Å²) in [4.78, 5) is 12.1. The molecule has 20 heavy (non-hydrogen) atoms. The molecule has 0 saturated carbocycles. The van der Waals surface area contributed by atoms with Crippen LogP contribution in [0, 0.1) is 5.41 Å². The molecule has 0 atom stereocenters. The van der Waals surface area contributed by atoms with Gasteiger partial charge in [-0.1, -0.05) is 11.6 Å². The first-order valence-electron chi connectivity index (χ1n) is 6.89. The second-order valence-corrected chi connectivity index (χ2v) is 5.81. The minimum atomic E-state index is -0.0596. The molecule has 0 unspecified atom stereocenters. The Morgan fingerprint density at radius 3 is 2.60 bits per heavy atom. The van der Waals surface area contributed by atoms with Crippen LogP contribution in [0.4, 0.5) is 0 Å². The predicted molar refractivity (Wildman–Crippen MR) is 80.2 cm³/mol. The fraction of sp³-hybridized carbons (Fsp3) is 0.533. The summed E-state index contributed by atoms with van der Waals surface area (Å²) in [5, 5.41) is 7.00. The standard InChI is InChI=1S/C15H21ClN2O2/c1-20-11-15(6-8-17-9-7-15)10-18-14(19)12-2-4-13(16)5-3-12/h2-5,17H,6-11H2,1H3,(H,18,19). The van der Waals surface area contributed by atoms with Crippen LogP contribution in [0.1, 0.15) is 23.2 Å². The van der Waals surface area contributed by atoms with Crippen LogP contribution in [0.5, 0.6) is 0 Å². The van der Waals surface area contributed by atoms with Gasteiger partial charge in [-0.2, -0.15) is 0 Å². The number of rotatable bonds is 5. The van der Waals surface area contributed by atoms with Gasteiger partial charge in [-0.25, -0.2) is 0 Å². The van der Waals surface area contributed by atoms with Gasteiger partial charge in [-0.15, -0.1) is 0 Å². The second kappa shape index (κ2) is 7.07. The fourth-order valence-electron chi connectivity index (χ4n) is 2.61. The van der Waals surface area contributed by atoms with Gasteiger partial charge in [0.1, 0.15) is 0 Å². The van der Waals surface area contributed by atoms with Crippen LogP contribution in [0.25, 0.3) is 0 Å². The van der Waals surface area contributed by atoms with E-state index in [1.807, 2.05) is 0 Å². The first kappa shape index (κ1) is 15.3. The van der Waals surface area contributed by atoms with Crippen LogP contribution in [-0.2, 0) is 4.74 Å². The minimum absolute atomic E-state index is 0.0437. The second-order valence-electron chi connectivity index (χ2n) is 5.37. The van der Waals surface area contributed by atoms with Gasteiger partial charge in [0.15, 0.2) is 0 Å². The van der Waals surface area contributed by atoms with Gasteiger partial charge in [-0.05, 0) is 50.2 Å². The quantitative estimate of drug-likeness (QED) is 0.875. The summed E-state index contributed by atoms with van der Waals surface area (Å²) >= 11 is 5.82. The summed E-state index contributed by atoms with van der Waals surface area (Å²) in [6, 6.07) is 6.93. The molecule has 1 aromatic carbocycles. The molecule has 2 rings (SSSR count). The molecule has 2 N–H and O–H groups in total. The molecule has 1 aliphatic heterocycles. The molecule has 1 heterocycles. The Morgan fingerprint density at radius 2 is 2.00 bits per heavy atom. The van der Waals surface area contributed by atoms with E-state index in [4.69, 9.17) is 16.3 Å². The number of ether oxygens (including phenoxy) is 1. The monoisotopic (exact) mass is 296 g/mol. The number of piperidine rings is 1. The van der Waals surface area contributed by atoms with Crippen molar-refractivity contribution in [2.24, 2.45) is 5.41 Å². The Hall–Kier alpha value is -1.10. The van der Waals surface area contributed by atoms with Crippen molar-refractivity contribution >= 4 is 17.5 Å². The third-order valence-corrected chi connectivity index (χ3v) is 4.10. The van der Waals surface area contributed by atoms with E-state index in [-0.39, 0.29) is 11.3 Å². The van der Waals surface area contributed by atoms with Crippen LogP contribution >= 0.6 is 11.6 Å². The number of carbonyl (C=O) groups is 1. The summed E-state index contributed by atoms with van der Waals surface area (Å²) in [5.74, 6) is -0.0596. The third kappa shape index (κ3) is 3.95. The van der Waals surface area contributed by atoms with E-state index < -0.39 is 0 Å². The number of hydrogen-bond acceptors (Lipinski definition) is 3. The van der Waals surface area contributed by atoms with Crippen molar-refractivity contribution in [1.29, 1.82) is 0 Å². The van der Waals surface area contributed by atoms with E-state index in [2.05, 4.69) is 10.6 Å². The zero-order valence-corrected chi connectivity index (χ0v) is 12.5. The van der Waals surface area contributed by atoms with Crippen LogP contribution < -0.4 is 10.6 Å². The summed E-state index contributed by atoms with van der Waals surface area (Å²) in [6.45, 7) is 3.26. The normalized spacial score (nSPS) is 17.7. The Labute approximate surface area is 124 Å². The van der Waals surface area contributed by atoms with Crippen molar-refractivity contribution in [2.75, 3.05) is 33.4 Å². The van der Waals surface area contributed by atoms with Crippen molar-refractivity contribution in [3.63, 3.8) is 0 Å². The topological polar surface area (TPSA) is 50.4 Å². The van der Waals surface area contributed by atoms with Gasteiger partial charge in [0.25, 0.3) is 5.91 Å². The molecule has 0 aliphatic carbocycles. The van der Waals surface area contributed by atoms with Crippen LogP contribution in [0.3, 0.4) is 0 Å². The number of halogens is 1. The first-order chi connectivity index (χ1) is 9.65. The van der Waals surface area contributed by atoms with E-state index in [1.165, 1.54) is 0 Å². The molecule has 0 bridgehead atoms.